The number of para-hydroxylation sites is 2. The summed E-state index contributed by atoms with van der Waals surface area (Å²) in [6.45, 7) is 2.88. The van der Waals surface area contributed by atoms with E-state index in [9.17, 15) is 9.59 Å². The summed E-state index contributed by atoms with van der Waals surface area (Å²) >= 11 is 3.31. The van der Waals surface area contributed by atoms with Crippen molar-refractivity contribution < 1.29 is 14.3 Å². The summed E-state index contributed by atoms with van der Waals surface area (Å²) < 4.78 is 5.26. The van der Waals surface area contributed by atoms with Crippen LogP contribution in [0.5, 0.6) is 5.75 Å². The maximum absolute atomic E-state index is 12.5. The van der Waals surface area contributed by atoms with Crippen molar-refractivity contribution in [2.24, 2.45) is 0 Å². The van der Waals surface area contributed by atoms with Gasteiger partial charge in [0.1, 0.15) is 11.1 Å². The zero-order chi connectivity index (χ0) is 19.4. The van der Waals surface area contributed by atoms with Gasteiger partial charge in [0.25, 0.3) is 0 Å². The molecule has 6 nitrogen and oxygen atoms in total. The first-order valence-electron chi connectivity index (χ1n) is 8.65. The molecule has 27 heavy (non-hydrogen) atoms. The number of nitrogens with one attached hydrogen (secondary N) is 1. The molecule has 0 aliphatic carbocycles. The topological polar surface area (TPSA) is 61.9 Å². The van der Waals surface area contributed by atoms with Crippen LogP contribution in [0.1, 0.15) is 17.2 Å². The van der Waals surface area contributed by atoms with Crippen LogP contribution in [0, 0.1) is 0 Å². The molecular weight excluding hydrogens is 382 g/mol. The fraction of sp³-hybridized carbons (Fsp3) is 0.368. The minimum absolute atomic E-state index is 0.0261. The summed E-state index contributed by atoms with van der Waals surface area (Å²) in [7, 11) is 3.29. The van der Waals surface area contributed by atoms with Gasteiger partial charge in [0.05, 0.1) is 18.0 Å². The Kier molecular flexibility index (Phi) is 6.28. The van der Waals surface area contributed by atoms with Gasteiger partial charge >= 0.3 is 6.03 Å². The molecule has 2 atom stereocenters. The Hall–Kier alpha value is -2.19. The van der Waals surface area contributed by atoms with Gasteiger partial charge in [-0.15, -0.1) is 23.1 Å². The summed E-state index contributed by atoms with van der Waals surface area (Å²) in [5, 5.41) is 4.83. The number of nitrogens with zero attached hydrogens (tertiary/aromatic N) is 2. The molecule has 2 aromatic rings. The van der Waals surface area contributed by atoms with Crippen LogP contribution in [0.3, 0.4) is 0 Å². The van der Waals surface area contributed by atoms with Gasteiger partial charge in [0.15, 0.2) is 0 Å². The highest BCUT2D eigenvalue weighted by molar-refractivity contribution is 8.01. The van der Waals surface area contributed by atoms with Crippen LogP contribution in [-0.4, -0.2) is 54.2 Å². The fourth-order valence-corrected chi connectivity index (χ4v) is 5.13. The molecule has 144 valence electrons. The summed E-state index contributed by atoms with van der Waals surface area (Å²) in [6.07, 6.45) is 0. The molecule has 1 N–H and O–H groups in total. The van der Waals surface area contributed by atoms with Crippen LogP contribution in [0.25, 0.3) is 0 Å². The van der Waals surface area contributed by atoms with Gasteiger partial charge in [0, 0.05) is 25.0 Å². The molecule has 1 aliphatic heterocycles. The minimum atomic E-state index is -0.237. The first kappa shape index (κ1) is 19.6. The number of thioether (sulfide) groups is 1. The standard InChI is InChI=1S/C19H23N3O3S2/c1-13-17(23)22(18(27-13)16-9-6-12-26-16)11-10-21(2)19(24)20-14-7-4-5-8-15(14)25-3/h4-9,12-13,18H,10-11H2,1-3H3,(H,20,24)/t13-,18+/m1/s1. The van der Waals surface area contributed by atoms with Gasteiger partial charge in [-0.05, 0) is 30.5 Å². The number of hydrogen-bond acceptors (Lipinski definition) is 5. The van der Waals surface area contributed by atoms with E-state index in [0.29, 0.717) is 24.5 Å². The monoisotopic (exact) mass is 405 g/mol. The third-order valence-electron chi connectivity index (χ3n) is 4.41. The summed E-state index contributed by atoms with van der Waals surface area (Å²) in [5.41, 5.74) is 0.620. The molecule has 0 bridgehead atoms. The van der Waals surface area contributed by atoms with E-state index in [2.05, 4.69) is 11.4 Å². The van der Waals surface area contributed by atoms with E-state index in [-0.39, 0.29) is 22.6 Å². The van der Waals surface area contributed by atoms with Crippen molar-refractivity contribution in [3.63, 3.8) is 0 Å². The molecule has 0 saturated carbocycles. The number of anilines is 1. The van der Waals surface area contributed by atoms with Gasteiger partial charge < -0.3 is 19.9 Å². The van der Waals surface area contributed by atoms with E-state index in [0.717, 1.165) is 0 Å². The highest BCUT2D eigenvalue weighted by atomic mass is 32.2. The Labute approximate surface area is 167 Å². The number of thiophene rings is 1. The maximum Gasteiger partial charge on any atom is 0.321 e. The van der Waals surface area contributed by atoms with Gasteiger partial charge in [-0.25, -0.2) is 4.79 Å². The number of benzene rings is 1. The van der Waals surface area contributed by atoms with E-state index < -0.39 is 0 Å². The number of hydrogen-bond donors (Lipinski definition) is 1. The first-order chi connectivity index (χ1) is 13.0. The average molecular weight is 406 g/mol. The van der Waals surface area contributed by atoms with Crippen LogP contribution >= 0.6 is 23.1 Å². The maximum atomic E-state index is 12.5. The second kappa shape index (κ2) is 8.67. The molecule has 2 heterocycles. The SMILES string of the molecule is COc1ccccc1NC(=O)N(C)CCN1C(=O)[C@@H](C)S[C@H]1c1cccs1. The van der Waals surface area contributed by atoms with E-state index in [1.807, 2.05) is 35.4 Å². The molecule has 0 unspecified atom stereocenters. The van der Waals surface area contributed by atoms with Gasteiger partial charge in [-0.2, -0.15) is 0 Å². The van der Waals surface area contributed by atoms with E-state index in [4.69, 9.17) is 4.74 Å². The van der Waals surface area contributed by atoms with Crippen molar-refractivity contribution >= 4 is 40.7 Å². The molecule has 0 radical (unpaired) electrons. The molecule has 8 heteroatoms. The Morgan fingerprint density at radius 2 is 2.07 bits per heavy atom. The van der Waals surface area contributed by atoms with Gasteiger partial charge in [-0.1, -0.05) is 18.2 Å². The second-order valence-electron chi connectivity index (χ2n) is 6.23. The molecule has 1 saturated heterocycles. The zero-order valence-corrected chi connectivity index (χ0v) is 17.2. The molecule has 3 rings (SSSR count). The normalized spacial score (nSPS) is 19.2. The Morgan fingerprint density at radius 1 is 1.30 bits per heavy atom. The van der Waals surface area contributed by atoms with Crippen LogP contribution in [0.4, 0.5) is 10.5 Å². The number of carbonyl (C=O) groups excluding carboxylic acids is 2. The Bertz CT molecular complexity index is 797. The van der Waals surface area contributed by atoms with Crippen molar-refractivity contribution in [1.82, 2.24) is 9.80 Å². The lowest BCUT2D eigenvalue weighted by atomic mass is 10.3. The number of rotatable bonds is 6. The van der Waals surface area contributed by atoms with Crippen molar-refractivity contribution in [2.45, 2.75) is 17.5 Å². The van der Waals surface area contributed by atoms with Crippen LogP contribution in [0.2, 0.25) is 0 Å². The highest BCUT2D eigenvalue weighted by Gasteiger charge is 2.38. The molecule has 1 aliphatic rings. The Balaban J connectivity index is 1.61. The molecule has 1 aromatic heterocycles. The van der Waals surface area contributed by atoms with Crippen LogP contribution in [-0.2, 0) is 4.79 Å². The van der Waals surface area contributed by atoms with Crippen molar-refractivity contribution in [3.8, 4) is 5.75 Å². The van der Waals surface area contributed by atoms with Crippen LogP contribution < -0.4 is 10.1 Å². The lowest BCUT2D eigenvalue weighted by molar-refractivity contribution is -0.129. The predicted octanol–water partition coefficient (Wildman–Crippen LogP) is 3.88. The quantitative estimate of drug-likeness (QED) is 0.792. The number of carbonyl (C=O) groups is 2. The van der Waals surface area contributed by atoms with E-state index >= 15 is 0 Å². The lowest BCUT2D eigenvalue weighted by Gasteiger charge is -2.26. The molecule has 1 aromatic carbocycles. The van der Waals surface area contributed by atoms with Crippen molar-refractivity contribution in [1.29, 1.82) is 0 Å². The highest BCUT2D eigenvalue weighted by Crippen LogP contribution is 2.44. The minimum Gasteiger partial charge on any atom is -0.495 e. The lowest BCUT2D eigenvalue weighted by Crippen LogP contribution is -2.40. The van der Waals surface area contributed by atoms with E-state index in [1.54, 1.807) is 54.3 Å². The molecule has 3 amide bonds. The largest absolute Gasteiger partial charge is 0.495 e. The number of likely N-dealkylation sites (N-methyl/N-ethyl adjacent to an activating group) is 1. The third kappa shape index (κ3) is 4.39. The molecular formula is C19H23N3O3S2. The number of ether oxygens (including phenoxy) is 1. The van der Waals surface area contributed by atoms with Gasteiger partial charge in [0.2, 0.25) is 5.91 Å². The fourth-order valence-electron chi connectivity index (χ4n) is 2.87. The summed E-state index contributed by atoms with van der Waals surface area (Å²) in [4.78, 5) is 29.7. The second-order valence-corrected chi connectivity index (χ2v) is 8.63. The zero-order valence-electron chi connectivity index (χ0n) is 15.5. The third-order valence-corrected chi connectivity index (χ3v) is 6.86. The summed E-state index contributed by atoms with van der Waals surface area (Å²) in [6, 6.07) is 11.1. The number of urea groups is 1. The first-order valence-corrected chi connectivity index (χ1v) is 10.5. The van der Waals surface area contributed by atoms with Crippen molar-refractivity contribution in [2.75, 3.05) is 32.6 Å². The van der Waals surface area contributed by atoms with Crippen LogP contribution in [0.15, 0.2) is 41.8 Å². The van der Waals surface area contributed by atoms with E-state index in [1.165, 1.54) is 4.88 Å². The smallest absolute Gasteiger partial charge is 0.321 e. The number of methoxy groups -OCH3 is 1. The summed E-state index contributed by atoms with van der Waals surface area (Å²) in [5.74, 6) is 0.730. The molecule has 0 spiro atoms. The molecule has 1 fully saturated rings. The van der Waals surface area contributed by atoms with Crippen molar-refractivity contribution in [3.05, 3.63) is 46.7 Å². The van der Waals surface area contributed by atoms with Gasteiger partial charge in [-0.3, -0.25) is 4.79 Å². The Morgan fingerprint density at radius 3 is 2.78 bits per heavy atom. The average Bonchev–Trinajstić information content (AvgIpc) is 3.29. The predicted molar refractivity (Wildman–Crippen MR) is 110 cm³/mol. The number of amides is 3.